The number of hydrogen-bond acceptors (Lipinski definition) is 3. The molecule has 1 aliphatic rings. The van der Waals surface area contributed by atoms with Crippen molar-refractivity contribution < 1.29 is 14.3 Å². The number of para-hydroxylation sites is 1. The number of nitrogens with zero attached hydrogens (tertiary/aromatic N) is 1. The van der Waals surface area contributed by atoms with Crippen LogP contribution in [-0.2, 0) is 0 Å². The molecule has 0 saturated carbocycles. The smallest absolute Gasteiger partial charge is 0.259 e. The summed E-state index contributed by atoms with van der Waals surface area (Å²) >= 11 is 3.49. The van der Waals surface area contributed by atoms with Crippen LogP contribution in [-0.4, -0.2) is 25.7 Å². The van der Waals surface area contributed by atoms with Crippen molar-refractivity contribution in [1.82, 2.24) is 0 Å². The number of ether oxygens (including phenoxy) is 2. The first-order valence-electron chi connectivity index (χ1n) is 7.66. The lowest BCUT2D eigenvalue weighted by Crippen LogP contribution is -2.30. The predicted molar refractivity (Wildman–Crippen MR) is 93.5 cm³/mol. The van der Waals surface area contributed by atoms with Crippen LogP contribution < -0.4 is 14.4 Å². The van der Waals surface area contributed by atoms with E-state index in [0.717, 1.165) is 12.1 Å². The van der Waals surface area contributed by atoms with Gasteiger partial charge < -0.3 is 14.4 Å². The van der Waals surface area contributed by atoms with E-state index in [1.54, 1.807) is 11.0 Å². The summed E-state index contributed by atoms with van der Waals surface area (Å²) < 4.78 is 12.1. The van der Waals surface area contributed by atoms with E-state index in [9.17, 15) is 4.79 Å². The summed E-state index contributed by atoms with van der Waals surface area (Å²) in [4.78, 5) is 14.7. The first kappa shape index (κ1) is 15.9. The molecule has 120 valence electrons. The molecule has 0 unspecified atom stereocenters. The van der Waals surface area contributed by atoms with Crippen molar-refractivity contribution in [3.05, 3.63) is 52.5 Å². The quantitative estimate of drug-likeness (QED) is 0.803. The van der Waals surface area contributed by atoms with Crippen molar-refractivity contribution in [2.45, 2.75) is 13.3 Å². The molecule has 0 N–H and O–H groups in total. The van der Waals surface area contributed by atoms with E-state index in [2.05, 4.69) is 15.9 Å². The number of benzene rings is 2. The van der Waals surface area contributed by atoms with Gasteiger partial charge in [-0.05, 0) is 47.1 Å². The van der Waals surface area contributed by atoms with Crippen LogP contribution >= 0.6 is 15.9 Å². The largest absolute Gasteiger partial charge is 0.490 e. The topological polar surface area (TPSA) is 38.8 Å². The highest BCUT2D eigenvalue weighted by Crippen LogP contribution is 2.36. The molecule has 0 fully saturated rings. The van der Waals surface area contributed by atoms with Crippen LogP contribution in [0.3, 0.4) is 0 Å². The molecule has 23 heavy (non-hydrogen) atoms. The van der Waals surface area contributed by atoms with E-state index in [-0.39, 0.29) is 5.91 Å². The SMILES string of the molecule is CCN(C(=O)c1cc2c(cc1Br)OCCCO2)c1ccccc1. The van der Waals surface area contributed by atoms with Crippen LogP contribution in [0.25, 0.3) is 0 Å². The summed E-state index contributed by atoms with van der Waals surface area (Å²) in [5.41, 5.74) is 1.44. The molecule has 0 atom stereocenters. The number of carbonyl (C=O) groups excluding carboxylic acids is 1. The summed E-state index contributed by atoms with van der Waals surface area (Å²) in [6.07, 6.45) is 0.834. The molecule has 0 radical (unpaired) electrons. The van der Waals surface area contributed by atoms with Gasteiger partial charge in [0.1, 0.15) is 0 Å². The second-order valence-electron chi connectivity index (χ2n) is 5.21. The molecular weight excluding hydrogens is 358 g/mol. The Morgan fingerprint density at radius 2 is 1.78 bits per heavy atom. The monoisotopic (exact) mass is 375 g/mol. The van der Waals surface area contributed by atoms with Crippen LogP contribution in [0.15, 0.2) is 46.9 Å². The second-order valence-corrected chi connectivity index (χ2v) is 6.07. The van der Waals surface area contributed by atoms with Gasteiger partial charge in [0.05, 0.1) is 18.8 Å². The minimum atomic E-state index is -0.0683. The van der Waals surface area contributed by atoms with Crippen LogP contribution in [0, 0.1) is 0 Å². The highest BCUT2D eigenvalue weighted by molar-refractivity contribution is 9.10. The third-order valence-electron chi connectivity index (χ3n) is 3.70. The Labute approximate surface area is 144 Å². The van der Waals surface area contributed by atoms with Gasteiger partial charge in [0.2, 0.25) is 0 Å². The number of halogens is 1. The maximum Gasteiger partial charge on any atom is 0.259 e. The maximum absolute atomic E-state index is 13.0. The lowest BCUT2D eigenvalue weighted by molar-refractivity contribution is 0.0987. The Morgan fingerprint density at radius 3 is 2.43 bits per heavy atom. The molecule has 3 rings (SSSR count). The van der Waals surface area contributed by atoms with Gasteiger partial charge in [-0.2, -0.15) is 0 Å². The third-order valence-corrected chi connectivity index (χ3v) is 4.35. The van der Waals surface area contributed by atoms with Crippen molar-refractivity contribution in [3.8, 4) is 11.5 Å². The number of rotatable bonds is 3. The molecule has 0 spiro atoms. The Morgan fingerprint density at radius 1 is 1.13 bits per heavy atom. The van der Waals surface area contributed by atoms with Crippen molar-refractivity contribution >= 4 is 27.5 Å². The summed E-state index contributed by atoms with van der Waals surface area (Å²) in [5.74, 6) is 1.23. The molecule has 4 nitrogen and oxygen atoms in total. The van der Waals surface area contributed by atoms with E-state index in [1.807, 2.05) is 43.3 Å². The second kappa shape index (κ2) is 7.04. The van der Waals surface area contributed by atoms with Crippen LogP contribution in [0.4, 0.5) is 5.69 Å². The molecule has 2 aromatic carbocycles. The average molecular weight is 376 g/mol. The molecular formula is C18H18BrNO3. The standard InChI is InChI=1S/C18H18BrNO3/c1-2-20(13-7-4-3-5-8-13)18(21)14-11-16-17(12-15(14)19)23-10-6-9-22-16/h3-5,7-8,11-12H,2,6,9-10H2,1H3. The van der Waals surface area contributed by atoms with E-state index >= 15 is 0 Å². The fraction of sp³-hybridized carbons (Fsp3) is 0.278. The molecule has 5 heteroatoms. The summed E-state index contributed by atoms with van der Waals surface area (Å²) in [6, 6.07) is 13.2. The molecule has 1 heterocycles. The zero-order valence-corrected chi connectivity index (χ0v) is 14.5. The Bertz CT molecular complexity index is 703. The number of amides is 1. The van der Waals surface area contributed by atoms with E-state index in [0.29, 0.717) is 41.3 Å². The number of fused-ring (bicyclic) bond motifs is 1. The molecule has 0 aromatic heterocycles. The molecule has 2 aromatic rings. The first-order chi connectivity index (χ1) is 11.2. The normalized spacial score (nSPS) is 13.3. The zero-order chi connectivity index (χ0) is 16.2. The van der Waals surface area contributed by atoms with Crippen LogP contribution in [0.2, 0.25) is 0 Å². The van der Waals surface area contributed by atoms with Crippen LogP contribution in [0.1, 0.15) is 23.7 Å². The van der Waals surface area contributed by atoms with E-state index in [1.165, 1.54) is 0 Å². The fourth-order valence-electron chi connectivity index (χ4n) is 2.54. The van der Waals surface area contributed by atoms with Gasteiger partial charge in [0, 0.05) is 23.1 Å². The van der Waals surface area contributed by atoms with Crippen molar-refractivity contribution in [3.63, 3.8) is 0 Å². The highest BCUT2D eigenvalue weighted by Gasteiger charge is 2.22. The van der Waals surface area contributed by atoms with Crippen molar-refractivity contribution in [1.29, 1.82) is 0 Å². The minimum Gasteiger partial charge on any atom is -0.490 e. The summed E-state index contributed by atoms with van der Waals surface area (Å²) in [5, 5.41) is 0. The Kier molecular flexibility index (Phi) is 4.86. The average Bonchev–Trinajstić information content (AvgIpc) is 2.80. The maximum atomic E-state index is 13.0. The van der Waals surface area contributed by atoms with E-state index < -0.39 is 0 Å². The minimum absolute atomic E-state index is 0.0683. The van der Waals surface area contributed by atoms with Gasteiger partial charge in [0.15, 0.2) is 11.5 Å². The van der Waals surface area contributed by atoms with Crippen molar-refractivity contribution in [2.75, 3.05) is 24.7 Å². The molecule has 0 saturated heterocycles. The molecule has 0 aliphatic carbocycles. The molecule has 1 amide bonds. The van der Waals surface area contributed by atoms with Gasteiger partial charge in [-0.3, -0.25) is 4.79 Å². The van der Waals surface area contributed by atoms with Crippen LogP contribution in [0.5, 0.6) is 11.5 Å². The van der Waals surface area contributed by atoms with E-state index in [4.69, 9.17) is 9.47 Å². The lowest BCUT2D eigenvalue weighted by Gasteiger charge is -2.22. The fourth-order valence-corrected chi connectivity index (χ4v) is 3.04. The highest BCUT2D eigenvalue weighted by atomic mass is 79.9. The Hall–Kier alpha value is -2.01. The van der Waals surface area contributed by atoms with Gasteiger partial charge in [-0.1, -0.05) is 18.2 Å². The first-order valence-corrected chi connectivity index (χ1v) is 8.46. The van der Waals surface area contributed by atoms with Gasteiger partial charge in [0.25, 0.3) is 5.91 Å². The predicted octanol–water partition coefficient (Wildman–Crippen LogP) is 4.28. The lowest BCUT2D eigenvalue weighted by atomic mass is 10.1. The summed E-state index contributed by atoms with van der Waals surface area (Å²) in [6.45, 7) is 3.77. The van der Waals surface area contributed by atoms with Gasteiger partial charge >= 0.3 is 0 Å². The number of hydrogen-bond donors (Lipinski definition) is 0. The molecule has 1 aliphatic heterocycles. The van der Waals surface area contributed by atoms with Crippen molar-refractivity contribution in [2.24, 2.45) is 0 Å². The van der Waals surface area contributed by atoms with Gasteiger partial charge in [-0.15, -0.1) is 0 Å². The third kappa shape index (κ3) is 3.34. The Balaban J connectivity index is 1.97. The number of carbonyl (C=O) groups is 1. The van der Waals surface area contributed by atoms with Gasteiger partial charge in [-0.25, -0.2) is 0 Å². The zero-order valence-electron chi connectivity index (χ0n) is 12.9. The molecule has 0 bridgehead atoms. The number of anilines is 1. The summed E-state index contributed by atoms with van der Waals surface area (Å²) in [7, 11) is 0.